The molecule has 1 aromatic rings. The number of nitrogens with one attached hydrogen (secondary N) is 1. The molecular formula is C16H24ClNO2S. The number of thiophene rings is 1. The van der Waals surface area contributed by atoms with Gasteiger partial charge in [0.05, 0.1) is 17.2 Å². The van der Waals surface area contributed by atoms with Gasteiger partial charge in [0.25, 0.3) is 0 Å². The minimum Gasteiger partial charge on any atom is -0.378 e. The van der Waals surface area contributed by atoms with Crippen molar-refractivity contribution in [2.45, 2.75) is 44.8 Å². The first-order chi connectivity index (χ1) is 10.2. The van der Waals surface area contributed by atoms with Crippen molar-refractivity contribution in [3.05, 3.63) is 20.8 Å². The Bertz CT molecular complexity index is 485. The summed E-state index contributed by atoms with van der Waals surface area (Å²) in [7, 11) is 0. The number of ether oxygens (including phenoxy) is 2. The lowest BCUT2D eigenvalue weighted by atomic mass is 9.80. The third-order valence-electron chi connectivity index (χ3n) is 4.70. The van der Waals surface area contributed by atoms with Crippen LogP contribution in [0.4, 0.5) is 0 Å². The predicted octanol–water partition coefficient (Wildman–Crippen LogP) is 3.95. The summed E-state index contributed by atoms with van der Waals surface area (Å²) < 4.78 is 11.7. The second kappa shape index (κ2) is 6.55. The van der Waals surface area contributed by atoms with Gasteiger partial charge < -0.3 is 14.8 Å². The van der Waals surface area contributed by atoms with Crippen LogP contribution in [0.15, 0.2) is 5.38 Å². The third-order valence-corrected chi connectivity index (χ3v) is 6.50. The van der Waals surface area contributed by atoms with Crippen molar-refractivity contribution in [2.75, 3.05) is 26.4 Å². The molecule has 1 aromatic heterocycles. The summed E-state index contributed by atoms with van der Waals surface area (Å²) >= 11 is 8.31. The van der Waals surface area contributed by atoms with Crippen molar-refractivity contribution in [3.8, 4) is 0 Å². The molecule has 0 aliphatic carbocycles. The Morgan fingerprint density at radius 2 is 2.38 bits per heavy atom. The Morgan fingerprint density at radius 1 is 1.52 bits per heavy atom. The highest BCUT2D eigenvalue weighted by molar-refractivity contribution is 7.10. The van der Waals surface area contributed by atoms with Crippen LogP contribution in [-0.2, 0) is 9.47 Å². The van der Waals surface area contributed by atoms with Gasteiger partial charge in [-0.25, -0.2) is 0 Å². The van der Waals surface area contributed by atoms with Gasteiger partial charge in [0, 0.05) is 30.6 Å². The van der Waals surface area contributed by atoms with E-state index in [0.29, 0.717) is 12.0 Å². The molecule has 3 heterocycles. The molecule has 2 aliphatic heterocycles. The normalized spacial score (nSPS) is 30.9. The van der Waals surface area contributed by atoms with Crippen LogP contribution in [0, 0.1) is 12.8 Å². The smallest absolute Gasteiger partial charge is 0.0940 e. The Labute approximate surface area is 136 Å². The molecule has 0 radical (unpaired) electrons. The van der Waals surface area contributed by atoms with Gasteiger partial charge in [0.1, 0.15) is 0 Å². The molecule has 21 heavy (non-hydrogen) atoms. The van der Waals surface area contributed by atoms with Crippen LogP contribution in [0.3, 0.4) is 0 Å². The van der Waals surface area contributed by atoms with Crippen LogP contribution >= 0.6 is 22.9 Å². The molecule has 3 rings (SSSR count). The fourth-order valence-corrected chi connectivity index (χ4v) is 5.05. The number of aryl methyl sites for hydroxylation is 1. The summed E-state index contributed by atoms with van der Waals surface area (Å²) in [5.74, 6) is 0.566. The highest BCUT2D eigenvalue weighted by atomic mass is 35.5. The number of hydrogen-bond acceptors (Lipinski definition) is 4. The third kappa shape index (κ3) is 3.15. The van der Waals surface area contributed by atoms with Crippen molar-refractivity contribution in [2.24, 2.45) is 5.92 Å². The Hall–Kier alpha value is -0.130. The van der Waals surface area contributed by atoms with Gasteiger partial charge in [-0.2, -0.15) is 0 Å². The standard InChI is InChI=1S/C16H24ClNO2S/c1-3-18-14(15-13(17)11(2)9-21-15)12-4-6-20-16(8-12)5-7-19-10-16/h9,12,14,18H,3-8,10H2,1-2H3. The molecule has 5 heteroatoms. The molecule has 0 aromatic carbocycles. The zero-order valence-corrected chi connectivity index (χ0v) is 14.4. The zero-order valence-electron chi connectivity index (χ0n) is 12.8. The molecule has 0 bridgehead atoms. The van der Waals surface area contributed by atoms with E-state index < -0.39 is 0 Å². The van der Waals surface area contributed by atoms with E-state index in [-0.39, 0.29) is 5.60 Å². The van der Waals surface area contributed by atoms with E-state index in [0.717, 1.165) is 50.7 Å². The number of hydrogen-bond donors (Lipinski definition) is 1. The van der Waals surface area contributed by atoms with Gasteiger partial charge in [-0.05, 0) is 43.2 Å². The van der Waals surface area contributed by atoms with Crippen LogP contribution in [0.25, 0.3) is 0 Å². The molecule has 2 aliphatic rings. The van der Waals surface area contributed by atoms with Crippen molar-refractivity contribution in [1.29, 1.82) is 0 Å². The van der Waals surface area contributed by atoms with Crippen molar-refractivity contribution < 1.29 is 9.47 Å². The molecule has 118 valence electrons. The fraction of sp³-hybridized carbons (Fsp3) is 0.750. The maximum absolute atomic E-state index is 6.52. The second-order valence-corrected chi connectivity index (χ2v) is 7.51. The molecule has 1 N–H and O–H groups in total. The maximum Gasteiger partial charge on any atom is 0.0940 e. The van der Waals surface area contributed by atoms with E-state index in [9.17, 15) is 0 Å². The Kier molecular flexibility index (Phi) is 4.91. The SMILES string of the molecule is CCNC(c1scc(C)c1Cl)C1CCOC2(CCOC2)C1. The van der Waals surface area contributed by atoms with E-state index in [2.05, 4.69) is 24.5 Å². The quantitative estimate of drug-likeness (QED) is 0.907. The van der Waals surface area contributed by atoms with Gasteiger partial charge in [-0.15, -0.1) is 11.3 Å². The van der Waals surface area contributed by atoms with E-state index >= 15 is 0 Å². The van der Waals surface area contributed by atoms with E-state index in [1.54, 1.807) is 11.3 Å². The summed E-state index contributed by atoms with van der Waals surface area (Å²) in [6.07, 6.45) is 3.18. The first-order valence-electron chi connectivity index (χ1n) is 7.84. The van der Waals surface area contributed by atoms with E-state index in [1.165, 1.54) is 10.4 Å². The van der Waals surface area contributed by atoms with Crippen molar-refractivity contribution >= 4 is 22.9 Å². The van der Waals surface area contributed by atoms with Crippen molar-refractivity contribution in [3.63, 3.8) is 0 Å². The maximum atomic E-state index is 6.52. The molecule has 0 amide bonds. The largest absolute Gasteiger partial charge is 0.378 e. The summed E-state index contributed by atoms with van der Waals surface area (Å²) in [5.41, 5.74) is 1.14. The van der Waals surface area contributed by atoms with Crippen molar-refractivity contribution in [1.82, 2.24) is 5.32 Å². The van der Waals surface area contributed by atoms with E-state index in [1.807, 2.05) is 0 Å². The van der Waals surface area contributed by atoms with Crippen LogP contribution in [-0.4, -0.2) is 32.0 Å². The lowest BCUT2D eigenvalue weighted by molar-refractivity contribution is -0.103. The van der Waals surface area contributed by atoms with Crippen LogP contribution in [0.1, 0.15) is 42.7 Å². The first kappa shape index (κ1) is 15.8. The van der Waals surface area contributed by atoms with Gasteiger partial charge in [-0.1, -0.05) is 18.5 Å². The van der Waals surface area contributed by atoms with Crippen LogP contribution in [0.5, 0.6) is 0 Å². The fourth-order valence-electron chi connectivity index (χ4n) is 3.57. The minimum absolute atomic E-state index is 0.0463. The minimum atomic E-state index is -0.0463. The highest BCUT2D eigenvalue weighted by Gasteiger charge is 2.43. The average molecular weight is 330 g/mol. The van der Waals surface area contributed by atoms with Gasteiger partial charge in [0.15, 0.2) is 0 Å². The average Bonchev–Trinajstić information content (AvgIpc) is 3.06. The van der Waals surface area contributed by atoms with Crippen LogP contribution in [0.2, 0.25) is 5.02 Å². The predicted molar refractivity (Wildman–Crippen MR) is 87.3 cm³/mol. The number of rotatable bonds is 4. The molecule has 2 fully saturated rings. The molecule has 1 spiro atoms. The Morgan fingerprint density at radius 3 is 3.00 bits per heavy atom. The lowest BCUT2D eigenvalue weighted by Crippen LogP contribution is -2.44. The van der Waals surface area contributed by atoms with E-state index in [4.69, 9.17) is 21.1 Å². The molecule has 0 saturated carbocycles. The zero-order chi connectivity index (χ0) is 14.9. The van der Waals surface area contributed by atoms with Gasteiger partial charge in [0.2, 0.25) is 0 Å². The molecular weight excluding hydrogens is 306 g/mol. The summed E-state index contributed by atoms with van der Waals surface area (Å²) in [6.45, 7) is 7.62. The molecule has 3 atom stereocenters. The molecule has 3 unspecified atom stereocenters. The van der Waals surface area contributed by atoms with Gasteiger partial charge >= 0.3 is 0 Å². The molecule has 2 saturated heterocycles. The lowest BCUT2D eigenvalue weighted by Gasteiger charge is -2.40. The number of halogens is 1. The highest BCUT2D eigenvalue weighted by Crippen LogP contribution is 2.44. The van der Waals surface area contributed by atoms with Crippen LogP contribution < -0.4 is 5.32 Å². The summed E-state index contributed by atoms with van der Waals surface area (Å²) in [5, 5.41) is 6.76. The molecule has 3 nitrogen and oxygen atoms in total. The van der Waals surface area contributed by atoms with Gasteiger partial charge in [-0.3, -0.25) is 0 Å². The topological polar surface area (TPSA) is 30.5 Å². The first-order valence-corrected chi connectivity index (χ1v) is 9.09. The summed E-state index contributed by atoms with van der Waals surface area (Å²) in [6, 6.07) is 0.336. The Balaban J connectivity index is 1.81. The second-order valence-electron chi connectivity index (χ2n) is 6.22. The monoisotopic (exact) mass is 329 g/mol. The summed E-state index contributed by atoms with van der Waals surface area (Å²) in [4.78, 5) is 1.29.